The Morgan fingerprint density at radius 1 is 1.18 bits per heavy atom. The highest BCUT2D eigenvalue weighted by atomic mass is 32.1. The van der Waals surface area contributed by atoms with Crippen LogP contribution in [0.2, 0.25) is 0 Å². The van der Waals surface area contributed by atoms with Gasteiger partial charge in [-0.3, -0.25) is 15.6 Å². The summed E-state index contributed by atoms with van der Waals surface area (Å²) in [6.07, 6.45) is 2.04. The van der Waals surface area contributed by atoms with Crippen molar-refractivity contribution < 1.29 is 14.3 Å². The van der Waals surface area contributed by atoms with Crippen molar-refractivity contribution in [2.45, 2.75) is 26.2 Å². The number of methoxy groups -OCH3 is 2. The van der Waals surface area contributed by atoms with Gasteiger partial charge in [0.1, 0.15) is 0 Å². The first-order valence-corrected chi connectivity index (χ1v) is 7.55. The average molecular weight is 325 g/mol. The fourth-order valence-electron chi connectivity index (χ4n) is 1.82. The van der Waals surface area contributed by atoms with Gasteiger partial charge in [-0.15, -0.1) is 0 Å². The van der Waals surface area contributed by atoms with Crippen LogP contribution in [0.5, 0.6) is 11.5 Å². The molecule has 0 fully saturated rings. The Labute approximate surface area is 136 Å². The number of carbonyl (C=O) groups excluding carboxylic acids is 1. The summed E-state index contributed by atoms with van der Waals surface area (Å²) in [5.41, 5.74) is 6.31. The van der Waals surface area contributed by atoms with Crippen molar-refractivity contribution in [3.8, 4) is 11.5 Å². The summed E-state index contributed by atoms with van der Waals surface area (Å²) < 4.78 is 10.5. The standard InChI is InChI=1S/C15H23N3O3S/c1-4-5-14(19)17-18-15(22)16-9-8-11-6-7-12(20-2)13(10-11)21-3/h6-7,10H,4-5,8-9H2,1-3H3,(H,17,19)(H2,16,18,22). The normalized spacial score (nSPS) is 9.77. The fraction of sp³-hybridized carbons (Fsp3) is 0.467. The van der Waals surface area contributed by atoms with E-state index in [1.165, 1.54) is 0 Å². The maximum absolute atomic E-state index is 11.3. The summed E-state index contributed by atoms with van der Waals surface area (Å²) in [7, 11) is 3.22. The zero-order valence-corrected chi connectivity index (χ0v) is 14.0. The van der Waals surface area contributed by atoms with E-state index < -0.39 is 0 Å². The molecule has 1 aromatic rings. The second kappa shape index (κ2) is 9.83. The molecule has 0 atom stereocenters. The molecule has 0 saturated carbocycles. The number of hydrazine groups is 1. The van der Waals surface area contributed by atoms with E-state index in [0.717, 1.165) is 18.4 Å². The van der Waals surface area contributed by atoms with Crippen LogP contribution in [0.15, 0.2) is 18.2 Å². The van der Waals surface area contributed by atoms with Gasteiger partial charge in [-0.25, -0.2) is 0 Å². The molecule has 0 bridgehead atoms. The maximum Gasteiger partial charge on any atom is 0.238 e. The van der Waals surface area contributed by atoms with E-state index >= 15 is 0 Å². The lowest BCUT2D eigenvalue weighted by Crippen LogP contribution is -2.47. The quantitative estimate of drug-likeness (QED) is 0.522. The molecule has 3 N–H and O–H groups in total. The Hall–Kier alpha value is -2.02. The van der Waals surface area contributed by atoms with Gasteiger partial charge in [0.15, 0.2) is 16.6 Å². The zero-order chi connectivity index (χ0) is 16.4. The predicted molar refractivity (Wildman–Crippen MR) is 90.0 cm³/mol. The van der Waals surface area contributed by atoms with Gasteiger partial charge in [-0.05, 0) is 42.8 Å². The lowest BCUT2D eigenvalue weighted by Gasteiger charge is -2.12. The molecule has 0 unspecified atom stereocenters. The van der Waals surface area contributed by atoms with Gasteiger partial charge in [0.2, 0.25) is 5.91 Å². The van der Waals surface area contributed by atoms with Crippen molar-refractivity contribution in [3.63, 3.8) is 0 Å². The molecule has 6 nitrogen and oxygen atoms in total. The van der Waals surface area contributed by atoms with Gasteiger partial charge in [0, 0.05) is 13.0 Å². The number of carbonyl (C=O) groups is 1. The third-order valence-electron chi connectivity index (χ3n) is 2.94. The monoisotopic (exact) mass is 325 g/mol. The maximum atomic E-state index is 11.3. The third kappa shape index (κ3) is 6.17. The molecule has 122 valence electrons. The van der Waals surface area contributed by atoms with E-state index in [9.17, 15) is 4.79 Å². The van der Waals surface area contributed by atoms with E-state index in [1.807, 2.05) is 25.1 Å². The topological polar surface area (TPSA) is 71.6 Å². The number of thiocarbonyl (C=S) groups is 1. The molecule has 0 aromatic heterocycles. The number of amides is 1. The third-order valence-corrected chi connectivity index (χ3v) is 3.19. The number of hydrogen-bond donors (Lipinski definition) is 3. The molecule has 22 heavy (non-hydrogen) atoms. The molecule has 0 saturated heterocycles. The summed E-state index contributed by atoms with van der Waals surface area (Å²) in [4.78, 5) is 11.3. The highest BCUT2D eigenvalue weighted by Crippen LogP contribution is 2.27. The molecule has 0 radical (unpaired) electrons. The fourth-order valence-corrected chi connectivity index (χ4v) is 1.97. The molecule has 0 aliphatic heterocycles. The van der Waals surface area contributed by atoms with E-state index in [4.69, 9.17) is 21.7 Å². The number of nitrogens with one attached hydrogen (secondary N) is 3. The van der Waals surface area contributed by atoms with E-state index in [0.29, 0.717) is 29.6 Å². The minimum atomic E-state index is -0.0773. The Morgan fingerprint density at radius 2 is 1.91 bits per heavy atom. The Bertz CT molecular complexity index is 509. The highest BCUT2D eigenvalue weighted by molar-refractivity contribution is 7.80. The van der Waals surface area contributed by atoms with E-state index in [-0.39, 0.29) is 5.91 Å². The molecule has 0 heterocycles. The SMILES string of the molecule is CCCC(=O)NNC(=S)NCCc1ccc(OC)c(OC)c1. The van der Waals surface area contributed by atoms with Crippen molar-refractivity contribution in [3.05, 3.63) is 23.8 Å². The lowest BCUT2D eigenvalue weighted by molar-refractivity contribution is -0.121. The first-order valence-electron chi connectivity index (χ1n) is 7.14. The van der Waals surface area contributed by atoms with Gasteiger partial charge in [-0.2, -0.15) is 0 Å². The summed E-state index contributed by atoms with van der Waals surface area (Å²) in [5, 5.41) is 3.42. The number of benzene rings is 1. The van der Waals surface area contributed by atoms with Crippen LogP contribution >= 0.6 is 12.2 Å². The molecule has 0 spiro atoms. The second-order valence-corrected chi connectivity index (χ2v) is 5.03. The van der Waals surface area contributed by atoms with Crippen LogP contribution in [0.25, 0.3) is 0 Å². The molecular weight excluding hydrogens is 302 g/mol. The van der Waals surface area contributed by atoms with Crippen LogP contribution in [0.3, 0.4) is 0 Å². The van der Waals surface area contributed by atoms with E-state index in [1.54, 1.807) is 14.2 Å². The van der Waals surface area contributed by atoms with Crippen LogP contribution in [0, 0.1) is 0 Å². The lowest BCUT2D eigenvalue weighted by atomic mass is 10.1. The minimum absolute atomic E-state index is 0.0773. The Morgan fingerprint density at radius 3 is 2.55 bits per heavy atom. The molecular formula is C15H23N3O3S. The number of hydrogen-bond acceptors (Lipinski definition) is 4. The summed E-state index contributed by atoms with van der Waals surface area (Å²) in [6.45, 7) is 2.59. The molecule has 1 amide bonds. The summed E-state index contributed by atoms with van der Waals surface area (Å²) in [6, 6.07) is 5.78. The Balaban J connectivity index is 2.34. The van der Waals surface area contributed by atoms with Gasteiger partial charge in [0.05, 0.1) is 14.2 Å². The van der Waals surface area contributed by atoms with Crippen LogP contribution < -0.4 is 25.6 Å². The summed E-state index contributed by atoms with van der Waals surface area (Å²) >= 11 is 5.08. The molecule has 0 aliphatic carbocycles. The minimum Gasteiger partial charge on any atom is -0.493 e. The average Bonchev–Trinajstić information content (AvgIpc) is 2.53. The molecule has 7 heteroatoms. The largest absolute Gasteiger partial charge is 0.493 e. The van der Waals surface area contributed by atoms with Crippen molar-refractivity contribution in [2.24, 2.45) is 0 Å². The molecule has 0 aliphatic rings. The molecule has 1 aromatic carbocycles. The van der Waals surface area contributed by atoms with Crippen molar-refractivity contribution >= 4 is 23.2 Å². The van der Waals surface area contributed by atoms with Crippen molar-refractivity contribution in [2.75, 3.05) is 20.8 Å². The van der Waals surface area contributed by atoms with Crippen molar-refractivity contribution in [1.82, 2.24) is 16.2 Å². The first kappa shape index (κ1) is 18.0. The van der Waals surface area contributed by atoms with Gasteiger partial charge in [0.25, 0.3) is 0 Å². The van der Waals surface area contributed by atoms with Gasteiger partial charge >= 0.3 is 0 Å². The first-order chi connectivity index (χ1) is 10.6. The van der Waals surface area contributed by atoms with Crippen LogP contribution in [-0.2, 0) is 11.2 Å². The van der Waals surface area contributed by atoms with Gasteiger partial charge in [-0.1, -0.05) is 13.0 Å². The van der Waals surface area contributed by atoms with Crippen LogP contribution in [-0.4, -0.2) is 31.8 Å². The second-order valence-electron chi connectivity index (χ2n) is 4.62. The molecule has 1 rings (SSSR count). The number of rotatable bonds is 7. The van der Waals surface area contributed by atoms with Crippen LogP contribution in [0.1, 0.15) is 25.3 Å². The smallest absolute Gasteiger partial charge is 0.238 e. The van der Waals surface area contributed by atoms with Gasteiger partial charge < -0.3 is 14.8 Å². The highest BCUT2D eigenvalue weighted by Gasteiger charge is 2.05. The van der Waals surface area contributed by atoms with Crippen LogP contribution in [0.4, 0.5) is 0 Å². The Kier molecular flexibility index (Phi) is 8.06. The predicted octanol–water partition coefficient (Wildman–Crippen LogP) is 1.54. The van der Waals surface area contributed by atoms with E-state index in [2.05, 4.69) is 16.2 Å². The number of ether oxygens (including phenoxy) is 2. The summed E-state index contributed by atoms with van der Waals surface area (Å²) in [5.74, 6) is 1.33. The van der Waals surface area contributed by atoms with Crippen molar-refractivity contribution in [1.29, 1.82) is 0 Å². The zero-order valence-electron chi connectivity index (χ0n) is 13.2.